The first-order valence-corrected chi connectivity index (χ1v) is 10.7. The quantitative estimate of drug-likeness (QED) is 0.188. The van der Waals surface area contributed by atoms with Crippen molar-refractivity contribution >= 4 is 35.8 Å². The number of likely N-dealkylation sites (N-methyl/N-ethyl adjacent to an activating group) is 1. The van der Waals surface area contributed by atoms with E-state index in [1.807, 2.05) is 4.90 Å². The fourth-order valence-corrected chi connectivity index (χ4v) is 3.31. The van der Waals surface area contributed by atoms with Gasteiger partial charge in [-0.05, 0) is 37.9 Å². The molecule has 30 heavy (non-hydrogen) atoms. The minimum Gasteiger partial charge on any atom is -0.385 e. The number of hydrogen-bond donors (Lipinski definition) is 2. The van der Waals surface area contributed by atoms with E-state index in [0.29, 0.717) is 19.5 Å². The first-order valence-electron chi connectivity index (χ1n) is 10.7. The van der Waals surface area contributed by atoms with E-state index in [-0.39, 0.29) is 29.9 Å². The second kappa shape index (κ2) is 15.4. The SMILES string of the molecule is CCNC(=NCc1ccc(CN2CCCC2=O)cc1)NCCN(C)CCCOC.I. The summed E-state index contributed by atoms with van der Waals surface area (Å²) in [7, 11) is 3.86. The highest BCUT2D eigenvalue weighted by molar-refractivity contribution is 14.0. The molecule has 1 aliphatic rings. The minimum atomic E-state index is 0. The Labute approximate surface area is 198 Å². The molecule has 0 aliphatic carbocycles. The van der Waals surface area contributed by atoms with Crippen molar-refractivity contribution in [3.8, 4) is 0 Å². The number of nitrogens with one attached hydrogen (secondary N) is 2. The summed E-state index contributed by atoms with van der Waals surface area (Å²) < 4.78 is 5.10. The fraction of sp³-hybridized carbons (Fsp3) is 0.636. The van der Waals surface area contributed by atoms with E-state index in [2.05, 4.69) is 53.8 Å². The molecule has 7 nitrogen and oxygen atoms in total. The monoisotopic (exact) mass is 531 g/mol. The zero-order valence-corrected chi connectivity index (χ0v) is 21.0. The number of carbonyl (C=O) groups excluding carboxylic acids is 1. The summed E-state index contributed by atoms with van der Waals surface area (Å²) in [6, 6.07) is 8.41. The maximum absolute atomic E-state index is 11.8. The molecule has 2 rings (SSSR count). The number of benzene rings is 1. The molecular formula is C22H38IN5O2. The van der Waals surface area contributed by atoms with Gasteiger partial charge in [-0.1, -0.05) is 24.3 Å². The summed E-state index contributed by atoms with van der Waals surface area (Å²) in [5, 5.41) is 6.70. The van der Waals surface area contributed by atoms with Crippen molar-refractivity contribution in [3.05, 3.63) is 35.4 Å². The van der Waals surface area contributed by atoms with Crippen LogP contribution in [0.15, 0.2) is 29.3 Å². The van der Waals surface area contributed by atoms with Gasteiger partial charge in [-0.2, -0.15) is 0 Å². The number of methoxy groups -OCH3 is 1. The number of rotatable bonds is 12. The van der Waals surface area contributed by atoms with E-state index < -0.39 is 0 Å². The Balaban J connectivity index is 0.00000450. The average molecular weight is 531 g/mol. The van der Waals surface area contributed by atoms with Crippen LogP contribution in [0.2, 0.25) is 0 Å². The molecule has 1 heterocycles. The average Bonchev–Trinajstić information content (AvgIpc) is 3.12. The van der Waals surface area contributed by atoms with Crippen LogP contribution >= 0.6 is 24.0 Å². The molecule has 0 bridgehead atoms. The van der Waals surface area contributed by atoms with Gasteiger partial charge in [0.1, 0.15) is 0 Å². The van der Waals surface area contributed by atoms with Gasteiger partial charge in [-0.15, -0.1) is 24.0 Å². The van der Waals surface area contributed by atoms with Crippen LogP contribution in [0.5, 0.6) is 0 Å². The number of ether oxygens (including phenoxy) is 1. The number of amides is 1. The molecule has 1 amide bonds. The summed E-state index contributed by atoms with van der Waals surface area (Å²) in [6.07, 6.45) is 2.72. The topological polar surface area (TPSA) is 69.2 Å². The maximum atomic E-state index is 11.8. The zero-order valence-electron chi connectivity index (χ0n) is 18.7. The Morgan fingerprint density at radius 2 is 1.93 bits per heavy atom. The van der Waals surface area contributed by atoms with Crippen molar-refractivity contribution in [1.29, 1.82) is 0 Å². The Morgan fingerprint density at radius 3 is 2.57 bits per heavy atom. The van der Waals surface area contributed by atoms with Crippen molar-refractivity contribution in [2.75, 3.05) is 53.5 Å². The number of guanidine groups is 1. The summed E-state index contributed by atoms with van der Waals surface area (Å²) in [5.74, 6) is 1.11. The van der Waals surface area contributed by atoms with Crippen molar-refractivity contribution in [3.63, 3.8) is 0 Å². The second-order valence-electron chi connectivity index (χ2n) is 7.51. The number of likely N-dealkylation sites (tertiary alicyclic amines) is 1. The zero-order chi connectivity index (χ0) is 20.9. The van der Waals surface area contributed by atoms with Gasteiger partial charge in [0.15, 0.2) is 5.96 Å². The normalized spacial score (nSPS) is 14.2. The molecule has 1 aromatic carbocycles. The van der Waals surface area contributed by atoms with Gasteiger partial charge in [-0.3, -0.25) is 4.79 Å². The molecule has 1 aromatic rings. The predicted octanol–water partition coefficient (Wildman–Crippen LogP) is 2.45. The van der Waals surface area contributed by atoms with Crippen LogP contribution in [-0.2, 0) is 22.6 Å². The summed E-state index contributed by atoms with van der Waals surface area (Å²) in [6.45, 7) is 8.75. The van der Waals surface area contributed by atoms with Gasteiger partial charge < -0.3 is 25.2 Å². The molecule has 1 fully saturated rings. The van der Waals surface area contributed by atoms with E-state index in [9.17, 15) is 4.79 Å². The highest BCUT2D eigenvalue weighted by Gasteiger charge is 2.19. The maximum Gasteiger partial charge on any atom is 0.222 e. The van der Waals surface area contributed by atoms with Gasteiger partial charge >= 0.3 is 0 Å². The van der Waals surface area contributed by atoms with Crippen molar-refractivity contribution in [2.45, 2.75) is 39.3 Å². The standard InChI is InChI=1S/C22H37N5O2.HI/c1-4-23-22(24-12-15-26(2)13-6-16-29-3)25-17-19-8-10-20(11-9-19)18-27-14-5-7-21(27)28;/h8-11H,4-7,12-18H2,1-3H3,(H2,23,24,25);1H. The molecule has 170 valence electrons. The fourth-order valence-electron chi connectivity index (χ4n) is 3.31. The molecule has 0 aromatic heterocycles. The van der Waals surface area contributed by atoms with Crippen LogP contribution in [-0.4, -0.2) is 75.2 Å². The van der Waals surface area contributed by atoms with E-state index in [0.717, 1.165) is 63.7 Å². The Kier molecular flexibility index (Phi) is 13.7. The lowest BCUT2D eigenvalue weighted by molar-refractivity contribution is -0.128. The third-order valence-corrected chi connectivity index (χ3v) is 5.01. The molecular weight excluding hydrogens is 493 g/mol. The van der Waals surface area contributed by atoms with E-state index in [1.165, 1.54) is 5.56 Å². The number of hydrogen-bond acceptors (Lipinski definition) is 4. The lowest BCUT2D eigenvalue weighted by Gasteiger charge is -2.18. The van der Waals surface area contributed by atoms with Gasteiger partial charge in [0, 0.05) is 59.4 Å². The van der Waals surface area contributed by atoms with Crippen LogP contribution in [0.25, 0.3) is 0 Å². The first-order chi connectivity index (χ1) is 14.1. The molecule has 0 saturated carbocycles. The first kappa shape index (κ1) is 26.6. The van der Waals surface area contributed by atoms with Crippen LogP contribution < -0.4 is 10.6 Å². The van der Waals surface area contributed by atoms with Gasteiger partial charge in [-0.25, -0.2) is 4.99 Å². The molecule has 0 spiro atoms. The number of carbonyl (C=O) groups is 1. The number of halogens is 1. The van der Waals surface area contributed by atoms with Crippen LogP contribution in [0.4, 0.5) is 0 Å². The summed E-state index contributed by atoms with van der Waals surface area (Å²) in [4.78, 5) is 20.7. The molecule has 1 aliphatic heterocycles. The van der Waals surface area contributed by atoms with Gasteiger partial charge in [0.25, 0.3) is 0 Å². The largest absolute Gasteiger partial charge is 0.385 e. The van der Waals surface area contributed by atoms with Gasteiger partial charge in [0.2, 0.25) is 5.91 Å². The van der Waals surface area contributed by atoms with E-state index in [1.54, 1.807) is 7.11 Å². The highest BCUT2D eigenvalue weighted by atomic mass is 127. The number of aliphatic imine (C=N–C) groups is 1. The van der Waals surface area contributed by atoms with Crippen LogP contribution in [0.3, 0.4) is 0 Å². The Morgan fingerprint density at radius 1 is 1.20 bits per heavy atom. The van der Waals surface area contributed by atoms with E-state index in [4.69, 9.17) is 9.73 Å². The molecule has 2 N–H and O–H groups in total. The van der Waals surface area contributed by atoms with Crippen LogP contribution in [0.1, 0.15) is 37.3 Å². The molecule has 1 saturated heterocycles. The van der Waals surface area contributed by atoms with Crippen molar-refractivity contribution in [2.24, 2.45) is 4.99 Å². The Hall–Kier alpha value is -1.39. The third-order valence-electron chi connectivity index (χ3n) is 5.01. The molecule has 0 radical (unpaired) electrons. The molecule has 0 atom stereocenters. The second-order valence-corrected chi connectivity index (χ2v) is 7.51. The van der Waals surface area contributed by atoms with Crippen LogP contribution in [0, 0.1) is 0 Å². The van der Waals surface area contributed by atoms with Crippen molar-refractivity contribution in [1.82, 2.24) is 20.4 Å². The highest BCUT2D eigenvalue weighted by Crippen LogP contribution is 2.15. The minimum absolute atomic E-state index is 0. The predicted molar refractivity (Wildman–Crippen MR) is 133 cm³/mol. The van der Waals surface area contributed by atoms with E-state index >= 15 is 0 Å². The lowest BCUT2D eigenvalue weighted by Crippen LogP contribution is -2.41. The summed E-state index contributed by atoms with van der Waals surface area (Å²) in [5.41, 5.74) is 2.34. The van der Waals surface area contributed by atoms with Gasteiger partial charge in [0.05, 0.1) is 6.54 Å². The number of nitrogens with zero attached hydrogens (tertiary/aromatic N) is 3. The van der Waals surface area contributed by atoms with Crippen molar-refractivity contribution < 1.29 is 9.53 Å². The lowest BCUT2D eigenvalue weighted by atomic mass is 10.1. The Bertz CT molecular complexity index is 639. The molecule has 8 heteroatoms. The molecule has 0 unspecified atom stereocenters. The smallest absolute Gasteiger partial charge is 0.222 e. The third kappa shape index (κ3) is 10.1. The summed E-state index contributed by atoms with van der Waals surface area (Å²) >= 11 is 0.